The first kappa shape index (κ1) is 22.5. The van der Waals surface area contributed by atoms with Gasteiger partial charge in [0.1, 0.15) is 11.9 Å². The van der Waals surface area contributed by atoms with Gasteiger partial charge >= 0.3 is 29.6 Å². The van der Waals surface area contributed by atoms with E-state index in [9.17, 15) is 53.4 Å². The minimum absolute atomic E-state index is 0.0542. The van der Waals surface area contributed by atoms with Crippen LogP contribution in [0.1, 0.15) is 18.6 Å². The van der Waals surface area contributed by atoms with Crippen LogP contribution in [0.5, 0.6) is 5.75 Å². The highest BCUT2D eigenvalue weighted by Gasteiger charge is 3.02. The molecule has 28 heavy (non-hydrogen) atoms. The second-order valence-electron chi connectivity index (χ2n) is 5.99. The van der Waals surface area contributed by atoms with Crippen molar-refractivity contribution >= 4 is 0 Å². The number of aliphatic hydroxyl groups excluding tert-OH is 1. The van der Waals surface area contributed by atoms with Crippen molar-refractivity contribution < 1.29 is 58.1 Å². The highest BCUT2D eigenvalue weighted by atomic mass is 19.4. The average Bonchev–Trinajstić information content (AvgIpc) is 2.59. The molecule has 1 aliphatic rings. The predicted octanol–water partition coefficient (Wildman–Crippen LogP) is 5.02. The summed E-state index contributed by atoms with van der Waals surface area (Å²) in [7, 11) is 0. The molecule has 1 fully saturated rings. The number of rotatable bonds is 4. The molecule has 2 rings (SSSR count). The Hall–Kier alpha value is -1.79. The molecule has 0 aliphatic heterocycles. The maximum absolute atomic E-state index is 14.7. The van der Waals surface area contributed by atoms with Crippen molar-refractivity contribution in [3.8, 4) is 5.75 Å². The van der Waals surface area contributed by atoms with Crippen LogP contribution in [0.25, 0.3) is 0 Å². The fraction of sp³-hybridized carbons (Fsp3) is 0.600. The van der Waals surface area contributed by atoms with Crippen LogP contribution in [0.15, 0.2) is 24.3 Å². The van der Waals surface area contributed by atoms with Crippen LogP contribution in [-0.2, 0) is 0 Å². The Balaban J connectivity index is 2.70. The molecule has 1 atom stereocenters. The van der Waals surface area contributed by atoms with Crippen molar-refractivity contribution in [2.45, 2.75) is 48.3 Å². The first-order valence-corrected chi connectivity index (χ1v) is 7.44. The van der Waals surface area contributed by atoms with Gasteiger partial charge in [0, 0.05) is 0 Å². The Labute approximate surface area is 149 Å². The number of hydrogen-bond donors (Lipinski definition) is 1. The van der Waals surface area contributed by atoms with Crippen LogP contribution in [0.3, 0.4) is 0 Å². The maximum Gasteiger partial charge on any atom is 0.384 e. The van der Waals surface area contributed by atoms with Gasteiger partial charge in [0.05, 0.1) is 6.61 Å². The van der Waals surface area contributed by atoms with Gasteiger partial charge in [-0.15, -0.1) is 0 Å². The van der Waals surface area contributed by atoms with Crippen LogP contribution < -0.4 is 4.74 Å². The number of alkyl halides is 11. The standard InChI is InChI=1S/C15H11F11O2/c1-2-28-8-5-3-7(4-6-8)9(27)10(16)11(17,18)13(21,22)15(25,26)14(23,24)12(10,19)20/h3-6,9,27H,2H2,1H3. The number of aliphatic hydroxyl groups is 1. The van der Waals surface area contributed by atoms with E-state index in [1.165, 1.54) is 6.92 Å². The van der Waals surface area contributed by atoms with E-state index in [1.54, 1.807) is 0 Å². The molecule has 2 nitrogen and oxygen atoms in total. The number of halogens is 11. The van der Waals surface area contributed by atoms with Gasteiger partial charge in [-0.1, -0.05) is 12.1 Å². The molecule has 0 saturated heterocycles. The highest BCUT2D eigenvalue weighted by Crippen LogP contribution is 2.71. The van der Waals surface area contributed by atoms with E-state index in [2.05, 4.69) is 0 Å². The van der Waals surface area contributed by atoms with E-state index in [1.807, 2.05) is 0 Å². The van der Waals surface area contributed by atoms with Gasteiger partial charge in [-0.2, -0.15) is 43.9 Å². The second-order valence-corrected chi connectivity index (χ2v) is 5.99. The molecule has 1 unspecified atom stereocenters. The van der Waals surface area contributed by atoms with Crippen LogP contribution >= 0.6 is 0 Å². The largest absolute Gasteiger partial charge is 0.494 e. The molecule has 1 aromatic carbocycles. The lowest BCUT2D eigenvalue weighted by Gasteiger charge is -2.53. The van der Waals surface area contributed by atoms with Crippen molar-refractivity contribution in [3.63, 3.8) is 0 Å². The van der Waals surface area contributed by atoms with Gasteiger partial charge in [-0.25, -0.2) is 4.39 Å². The minimum Gasteiger partial charge on any atom is -0.494 e. The Morgan fingerprint density at radius 2 is 1.07 bits per heavy atom. The summed E-state index contributed by atoms with van der Waals surface area (Å²) < 4.78 is 155. The molecule has 1 saturated carbocycles. The number of ether oxygens (including phenoxy) is 1. The molecule has 0 heterocycles. The lowest BCUT2D eigenvalue weighted by Crippen LogP contribution is -2.84. The molecule has 160 valence electrons. The predicted molar refractivity (Wildman–Crippen MR) is 71.1 cm³/mol. The molecule has 13 heteroatoms. The summed E-state index contributed by atoms with van der Waals surface area (Å²) >= 11 is 0. The van der Waals surface area contributed by atoms with Crippen molar-refractivity contribution in [2.75, 3.05) is 6.61 Å². The number of hydrogen-bond acceptors (Lipinski definition) is 2. The smallest absolute Gasteiger partial charge is 0.384 e. The maximum atomic E-state index is 14.7. The van der Waals surface area contributed by atoms with Crippen molar-refractivity contribution in [2.24, 2.45) is 0 Å². The van der Waals surface area contributed by atoms with Gasteiger partial charge in [-0.05, 0) is 24.6 Å². The van der Waals surface area contributed by atoms with Gasteiger partial charge in [0.25, 0.3) is 5.67 Å². The van der Waals surface area contributed by atoms with Crippen LogP contribution in [0.4, 0.5) is 48.3 Å². The minimum atomic E-state index is -7.32. The van der Waals surface area contributed by atoms with Gasteiger partial charge in [-0.3, -0.25) is 0 Å². The summed E-state index contributed by atoms with van der Waals surface area (Å²) in [6, 6.07) is 2.50. The summed E-state index contributed by atoms with van der Waals surface area (Å²) in [4.78, 5) is 0. The average molecular weight is 432 g/mol. The molecule has 1 N–H and O–H groups in total. The summed E-state index contributed by atoms with van der Waals surface area (Å²) in [5.74, 6) is -36.1. The molecule has 1 aliphatic carbocycles. The first-order chi connectivity index (χ1) is 12.4. The molecule has 1 aromatic rings. The Morgan fingerprint density at radius 1 is 0.714 bits per heavy atom. The molecule has 0 spiro atoms. The fourth-order valence-electron chi connectivity index (χ4n) is 2.73. The van der Waals surface area contributed by atoms with Crippen LogP contribution in [0.2, 0.25) is 0 Å². The molecule has 0 bridgehead atoms. The van der Waals surface area contributed by atoms with E-state index in [-0.39, 0.29) is 12.4 Å². The van der Waals surface area contributed by atoms with E-state index in [4.69, 9.17) is 4.74 Å². The van der Waals surface area contributed by atoms with Crippen LogP contribution in [-0.4, -0.2) is 47.0 Å². The monoisotopic (exact) mass is 432 g/mol. The van der Waals surface area contributed by atoms with Crippen molar-refractivity contribution in [1.29, 1.82) is 0 Å². The van der Waals surface area contributed by atoms with E-state index in [0.29, 0.717) is 12.1 Å². The highest BCUT2D eigenvalue weighted by molar-refractivity contribution is 5.35. The van der Waals surface area contributed by atoms with Gasteiger partial charge < -0.3 is 9.84 Å². The third kappa shape index (κ3) is 2.31. The van der Waals surface area contributed by atoms with Crippen molar-refractivity contribution in [3.05, 3.63) is 29.8 Å². The zero-order valence-corrected chi connectivity index (χ0v) is 13.6. The Bertz CT molecular complexity index is 700. The molecule has 0 amide bonds. The van der Waals surface area contributed by atoms with Gasteiger partial charge in [0.2, 0.25) is 0 Å². The van der Waals surface area contributed by atoms with E-state index < -0.39 is 46.9 Å². The van der Waals surface area contributed by atoms with Crippen molar-refractivity contribution in [1.82, 2.24) is 0 Å². The Kier molecular flexibility index (Phi) is 4.90. The lowest BCUT2D eigenvalue weighted by atomic mass is 9.68. The third-order valence-electron chi connectivity index (χ3n) is 4.37. The topological polar surface area (TPSA) is 29.5 Å². The zero-order chi connectivity index (χ0) is 22.0. The SMILES string of the molecule is CCOc1ccc(C(O)C2(F)C(F)(F)C(F)(F)C(F)(F)C(F)(F)C2(F)F)cc1. The summed E-state index contributed by atoms with van der Waals surface area (Å²) in [6.07, 6.45) is -4.03. The lowest BCUT2D eigenvalue weighted by molar-refractivity contribution is -0.494. The van der Waals surface area contributed by atoms with E-state index >= 15 is 0 Å². The summed E-state index contributed by atoms with van der Waals surface area (Å²) in [5.41, 5.74) is -7.76. The van der Waals surface area contributed by atoms with Gasteiger partial charge in [0.15, 0.2) is 0 Å². The normalized spacial score (nSPS) is 27.0. The zero-order valence-electron chi connectivity index (χ0n) is 13.6. The Morgan fingerprint density at radius 3 is 1.43 bits per heavy atom. The molecule has 0 aromatic heterocycles. The summed E-state index contributed by atoms with van der Waals surface area (Å²) in [6.45, 7) is 1.55. The third-order valence-corrected chi connectivity index (χ3v) is 4.37. The van der Waals surface area contributed by atoms with E-state index in [0.717, 1.165) is 12.1 Å². The molecular weight excluding hydrogens is 421 g/mol. The molecular formula is C15H11F11O2. The molecule has 0 radical (unpaired) electrons. The van der Waals surface area contributed by atoms with Crippen LogP contribution in [0, 0.1) is 0 Å². The first-order valence-electron chi connectivity index (χ1n) is 7.44. The second kappa shape index (κ2) is 6.10. The summed E-state index contributed by atoms with van der Waals surface area (Å²) in [5, 5.41) is 9.64. The fourth-order valence-corrected chi connectivity index (χ4v) is 2.73. The number of benzene rings is 1. The quantitative estimate of drug-likeness (QED) is 0.678.